The molecule has 1 aliphatic heterocycles. The Bertz CT molecular complexity index is 1380. The monoisotopic (exact) mass is 592 g/mol. The predicted octanol–water partition coefficient (Wildman–Crippen LogP) is 11.5. The Morgan fingerprint density at radius 3 is 2.55 bits per heavy atom. The molecule has 0 spiro atoms. The normalized spacial score (nSPS) is 35.7. The van der Waals surface area contributed by atoms with Crippen LogP contribution in [0, 0.1) is 46.3 Å². The first-order valence-electron chi connectivity index (χ1n) is 18.1. The SMILES string of the molecule is CC(C)CCC[C@@H](C)[C@H]1CC[C@H]2[C@@H]3CC=C4C[C@H](Oc5ccc(/C=C6\OCc7ccccc76)cc5)CC[C@]4(C)[C@H]3CC[C@]12C. The molecule has 0 bridgehead atoms. The third-order valence-electron chi connectivity index (χ3n) is 13.4. The van der Waals surface area contributed by atoms with Crippen LogP contribution in [0.1, 0.15) is 122 Å². The van der Waals surface area contributed by atoms with Gasteiger partial charge in [0.25, 0.3) is 0 Å². The molecule has 0 saturated heterocycles. The fourth-order valence-electron chi connectivity index (χ4n) is 11.0. The Morgan fingerprint density at radius 2 is 1.73 bits per heavy atom. The molecule has 0 N–H and O–H groups in total. The first-order chi connectivity index (χ1) is 21.2. The summed E-state index contributed by atoms with van der Waals surface area (Å²) in [6.45, 7) is 13.4. The number of hydrogen-bond donors (Lipinski definition) is 0. The number of ether oxygens (including phenoxy) is 2. The molecule has 8 atom stereocenters. The van der Waals surface area contributed by atoms with Gasteiger partial charge in [-0.1, -0.05) is 102 Å². The lowest BCUT2D eigenvalue weighted by Gasteiger charge is -2.58. The summed E-state index contributed by atoms with van der Waals surface area (Å²) in [7, 11) is 0. The minimum Gasteiger partial charge on any atom is -0.490 e. The van der Waals surface area contributed by atoms with E-state index in [1.807, 2.05) is 0 Å². The van der Waals surface area contributed by atoms with E-state index in [9.17, 15) is 0 Å². The standard InChI is InChI=1S/C42H56O2/c1-28(2)9-8-10-29(3)37-19-20-38-36-18-15-32-26-34(21-23-41(32,4)39(36)22-24-42(37,38)5)44-33-16-13-30(14-17-33)25-40-35-12-7-6-11-31(35)27-43-40/h6-7,11-17,25,28-29,34,36-39H,8-10,18-24,26-27H2,1-5H3/b40-25-/t29-,34-,36+,37-,38+,39+,41+,42-/m1/s1. The van der Waals surface area contributed by atoms with Crippen molar-refractivity contribution in [3.8, 4) is 5.75 Å². The van der Waals surface area contributed by atoms with E-state index in [2.05, 4.69) is 95.3 Å². The van der Waals surface area contributed by atoms with E-state index in [0.717, 1.165) is 59.0 Å². The molecular formula is C42H56O2. The van der Waals surface area contributed by atoms with Crippen molar-refractivity contribution in [2.45, 2.75) is 118 Å². The molecule has 2 heteroatoms. The molecule has 5 aliphatic rings. The number of allylic oxidation sites excluding steroid dienone is 1. The maximum atomic E-state index is 6.65. The average molecular weight is 593 g/mol. The van der Waals surface area contributed by atoms with Crippen LogP contribution in [-0.4, -0.2) is 6.10 Å². The summed E-state index contributed by atoms with van der Waals surface area (Å²) in [6, 6.07) is 17.1. The van der Waals surface area contributed by atoms with Gasteiger partial charge in [0.2, 0.25) is 0 Å². The van der Waals surface area contributed by atoms with Crippen molar-refractivity contribution in [3.05, 3.63) is 76.9 Å². The molecule has 2 aromatic carbocycles. The Hall–Kier alpha value is -2.48. The largest absolute Gasteiger partial charge is 0.490 e. The van der Waals surface area contributed by atoms with Gasteiger partial charge >= 0.3 is 0 Å². The zero-order chi connectivity index (χ0) is 30.5. The van der Waals surface area contributed by atoms with Crippen LogP contribution in [0.5, 0.6) is 5.75 Å². The summed E-state index contributed by atoms with van der Waals surface area (Å²) in [5.41, 5.74) is 6.29. The predicted molar refractivity (Wildman–Crippen MR) is 183 cm³/mol. The second-order valence-corrected chi connectivity index (χ2v) is 16.3. The van der Waals surface area contributed by atoms with Crippen LogP contribution >= 0.6 is 0 Å². The molecule has 0 aromatic heterocycles. The number of fused-ring (bicyclic) bond motifs is 6. The zero-order valence-electron chi connectivity index (χ0n) is 28.1. The Morgan fingerprint density at radius 1 is 0.909 bits per heavy atom. The molecule has 2 aromatic rings. The van der Waals surface area contributed by atoms with E-state index in [0.29, 0.717) is 17.4 Å². The smallest absolute Gasteiger partial charge is 0.128 e. The van der Waals surface area contributed by atoms with Gasteiger partial charge in [-0.25, -0.2) is 0 Å². The molecule has 0 radical (unpaired) electrons. The van der Waals surface area contributed by atoms with Crippen LogP contribution in [0.3, 0.4) is 0 Å². The van der Waals surface area contributed by atoms with Crippen molar-refractivity contribution in [2.75, 3.05) is 0 Å². The molecule has 0 unspecified atom stereocenters. The Kier molecular flexibility index (Phi) is 8.26. The second-order valence-electron chi connectivity index (χ2n) is 16.3. The van der Waals surface area contributed by atoms with E-state index in [1.165, 1.54) is 75.3 Å². The lowest BCUT2D eigenvalue weighted by molar-refractivity contribution is -0.0559. The van der Waals surface area contributed by atoms with Crippen molar-refractivity contribution in [2.24, 2.45) is 46.3 Å². The maximum Gasteiger partial charge on any atom is 0.128 e. The molecule has 1 heterocycles. The summed E-state index contributed by atoms with van der Waals surface area (Å²) in [5.74, 6) is 7.32. The van der Waals surface area contributed by atoms with Crippen molar-refractivity contribution < 1.29 is 9.47 Å². The van der Waals surface area contributed by atoms with Crippen LogP contribution < -0.4 is 4.74 Å². The van der Waals surface area contributed by atoms with Gasteiger partial charge in [0, 0.05) is 17.5 Å². The molecule has 7 rings (SSSR count). The summed E-state index contributed by atoms with van der Waals surface area (Å²) in [4.78, 5) is 0. The topological polar surface area (TPSA) is 18.5 Å². The first kappa shape index (κ1) is 30.2. The van der Waals surface area contributed by atoms with Gasteiger partial charge < -0.3 is 9.47 Å². The molecule has 44 heavy (non-hydrogen) atoms. The lowest BCUT2D eigenvalue weighted by Crippen LogP contribution is -2.51. The number of hydrogen-bond acceptors (Lipinski definition) is 2. The van der Waals surface area contributed by atoms with Gasteiger partial charge in [-0.05, 0) is 115 Å². The fraction of sp³-hybridized carbons (Fsp3) is 0.619. The second kappa shape index (κ2) is 12.0. The highest BCUT2D eigenvalue weighted by Crippen LogP contribution is 2.67. The van der Waals surface area contributed by atoms with E-state index in [4.69, 9.17) is 9.47 Å². The third-order valence-corrected chi connectivity index (χ3v) is 13.4. The molecule has 3 saturated carbocycles. The summed E-state index contributed by atoms with van der Waals surface area (Å²) >= 11 is 0. The van der Waals surface area contributed by atoms with E-state index >= 15 is 0 Å². The third kappa shape index (κ3) is 5.47. The van der Waals surface area contributed by atoms with E-state index in [1.54, 1.807) is 5.57 Å². The zero-order valence-corrected chi connectivity index (χ0v) is 28.1. The first-order valence-corrected chi connectivity index (χ1v) is 18.1. The van der Waals surface area contributed by atoms with Gasteiger partial charge in [0.1, 0.15) is 24.2 Å². The molecule has 4 aliphatic carbocycles. The lowest BCUT2D eigenvalue weighted by atomic mass is 9.47. The fourth-order valence-corrected chi connectivity index (χ4v) is 11.0. The summed E-state index contributed by atoms with van der Waals surface area (Å²) < 4.78 is 12.6. The van der Waals surface area contributed by atoms with Crippen LogP contribution in [0.25, 0.3) is 11.8 Å². The van der Waals surface area contributed by atoms with Gasteiger partial charge in [0.15, 0.2) is 0 Å². The molecular weight excluding hydrogens is 536 g/mol. The van der Waals surface area contributed by atoms with Gasteiger partial charge in [-0.15, -0.1) is 0 Å². The highest BCUT2D eigenvalue weighted by atomic mass is 16.5. The Balaban J connectivity index is 0.987. The van der Waals surface area contributed by atoms with E-state index in [-0.39, 0.29) is 6.10 Å². The van der Waals surface area contributed by atoms with Crippen LogP contribution in [-0.2, 0) is 11.3 Å². The van der Waals surface area contributed by atoms with Crippen LogP contribution in [0.2, 0.25) is 0 Å². The van der Waals surface area contributed by atoms with Crippen LogP contribution in [0.15, 0.2) is 60.2 Å². The molecule has 2 nitrogen and oxygen atoms in total. The highest BCUT2D eigenvalue weighted by Gasteiger charge is 2.59. The van der Waals surface area contributed by atoms with Crippen molar-refractivity contribution in [3.63, 3.8) is 0 Å². The van der Waals surface area contributed by atoms with Crippen molar-refractivity contribution >= 4 is 11.8 Å². The minimum absolute atomic E-state index is 0.288. The van der Waals surface area contributed by atoms with Gasteiger partial charge in [-0.2, -0.15) is 0 Å². The van der Waals surface area contributed by atoms with Crippen LogP contribution in [0.4, 0.5) is 0 Å². The van der Waals surface area contributed by atoms with Crippen molar-refractivity contribution in [1.82, 2.24) is 0 Å². The average Bonchev–Trinajstić information content (AvgIpc) is 3.59. The maximum absolute atomic E-state index is 6.65. The minimum atomic E-state index is 0.288. The van der Waals surface area contributed by atoms with Gasteiger partial charge in [-0.3, -0.25) is 0 Å². The van der Waals surface area contributed by atoms with Gasteiger partial charge in [0.05, 0.1) is 0 Å². The molecule has 0 amide bonds. The highest BCUT2D eigenvalue weighted by molar-refractivity contribution is 5.80. The molecule has 236 valence electrons. The quantitative estimate of drug-likeness (QED) is 0.284. The number of rotatable bonds is 8. The molecule has 3 fully saturated rings. The summed E-state index contributed by atoms with van der Waals surface area (Å²) in [5, 5.41) is 0. The Labute approximate surface area is 267 Å². The van der Waals surface area contributed by atoms with Crippen molar-refractivity contribution in [1.29, 1.82) is 0 Å². The van der Waals surface area contributed by atoms with E-state index < -0.39 is 0 Å². The number of benzene rings is 2. The summed E-state index contributed by atoms with van der Waals surface area (Å²) in [6.07, 6.45) is 20.1.